The lowest BCUT2D eigenvalue weighted by molar-refractivity contribution is 0.122. The Morgan fingerprint density at radius 1 is 1.06 bits per heavy atom. The molecule has 6 nitrogen and oxygen atoms in total. The van der Waals surface area contributed by atoms with Gasteiger partial charge >= 0.3 is 0 Å². The van der Waals surface area contributed by atoms with E-state index in [0.29, 0.717) is 19.8 Å². The van der Waals surface area contributed by atoms with Crippen molar-refractivity contribution in [2.24, 2.45) is 0 Å². The van der Waals surface area contributed by atoms with Gasteiger partial charge in [-0.3, -0.25) is 4.79 Å². The Morgan fingerprint density at radius 2 is 1.86 bits per heavy atom. The van der Waals surface area contributed by atoms with Gasteiger partial charge in [-0.1, -0.05) is 43.8 Å². The van der Waals surface area contributed by atoms with Crippen molar-refractivity contribution in [3.05, 3.63) is 70.0 Å². The Morgan fingerprint density at radius 3 is 2.66 bits per heavy atom. The number of nitrogens with zero attached hydrogens (tertiary/aromatic N) is 2. The van der Waals surface area contributed by atoms with Gasteiger partial charge in [0, 0.05) is 53.2 Å². The van der Waals surface area contributed by atoms with Crippen LogP contribution in [0.4, 0.5) is 5.69 Å². The Bertz CT molecular complexity index is 1230. The zero-order valence-electron chi connectivity index (χ0n) is 20.5. The van der Waals surface area contributed by atoms with Crippen molar-refractivity contribution in [3.8, 4) is 17.0 Å². The summed E-state index contributed by atoms with van der Waals surface area (Å²) in [6.45, 7) is 10.8. The number of morpholine rings is 1. The first-order valence-corrected chi connectivity index (χ1v) is 13.3. The number of aromatic amines is 1. The molecule has 0 radical (unpaired) electrons. The van der Waals surface area contributed by atoms with Crippen molar-refractivity contribution >= 4 is 17.4 Å². The molecule has 3 aromatic rings. The fourth-order valence-electron chi connectivity index (χ4n) is 4.79. The van der Waals surface area contributed by atoms with Crippen molar-refractivity contribution in [1.82, 2.24) is 9.88 Å². The van der Waals surface area contributed by atoms with Crippen LogP contribution < -0.4 is 15.2 Å². The lowest BCUT2D eigenvalue weighted by Gasteiger charge is -2.29. The van der Waals surface area contributed by atoms with E-state index in [0.717, 1.165) is 61.8 Å². The highest BCUT2D eigenvalue weighted by Crippen LogP contribution is 2.45. The molecule has 0 atom stereocenters. The summed E-state index contributed by atoms with van der Waals surface area (Å²) in [6.07, 6.45) is 0.831. The molecular weight excluding hydrogens is 458 g/mol. The number of fused-ring (bicyclic) bond motifs is 2. The molecule has 0 amide bonds. The quantitative estimate of drug-likeness (QED) is 0.387. The summed E-state index contributed by atoms with van der Waals surface area (Å²) in [7, 11) is 0. The number of hydrogen-bond acceptors (Lipinski definition) is 6. The lowest BCUT2D eigenvalue weighted by Crippen LogP contribution is -2.36. The molecule has 7 heteroatoms. The van der Waals surface area contributed by atoms with Gasteiger partial charge in [-0.25, -0.2) is 0 Å². The number of benzene rings is 2. The maximum Gasteiger partial charge on any atom is 0.250 e. The summed E-state index contributed by atoms with van der Waals surface area (Å²) in [6, 6.07) is 16.6. The molecule has 184 valence electrons. The highest BCUT2D eigenvalue weighted by atomic mass is 32.2. The zero-order valence-corrected chi connectivity index (χ0v) is 21.3. The normalized spacial score (nSPS) is 15.1. The van der Waals surface area contributed by atoms with Crippen LogP contribution in [0.25, 0.3) is 11.3 Å². The predicted molar refractivity (Wildman–Crippen MR) is 142 cm³/mol. The maximum atomic E-state index is 12.7. The minimum atomic E-state index is -0.0885. The fraction of sp³-hybridized carbons (Fsp3) is 0.393. The standard InChI is InChI=1S/C28H33N3O3S/c1-3-30(4-2)9-14-34-22-18-23(24-15-20-7-5-6-8-26(20)35-27(24)19-22)25-16-21(17-28(32)29-25)31-10-12-33-13-11-31/h5-8,16-19H,3-4,9-15H2,1-2H3,(H,29,32). The molecule has 1 fully saturated rings. The average molecular weight is 492 g/mol. The largest absolute Gasteiger partial charge is 0.492 e. The molecule has 0 spiro atoms. The lowest BCUT2D eigenvalue weighted by atomic mass is 9.96. The number of pyridine rings is 1. The third-order valence-corrected chi connectivity index (χ3v) is 8.01. The Balaban J connectivity index is 1.53. The van der Waals surface area contributed by atoms with Gasteiger partial charge in [0.25, 0.3) is 0 Å². The van der Waals surface area contributed by atoms with Gasteiger partial charge in [0.15, 0.2) is 0 Å². The number of ether oxygens (including phenoxy) is 2. The highest BCUT2D eigenvalue weighted by molar-refractivity contribution is 7.99. The first-order chi connectivity index (χ1) is 17.1. The van der Waals surface area contributed by atoms with E-state index in [2.05, 4.69) is 71.1 Å². The first-order valence-electron chi connectivity index (χ1n) is 12.5. The van der Waals surface area contributed by atoms with Crippen LogP contribution in [-0.4, -0.2) is 62.4 Å². The van der Waals surface area contributed by atoms with E-state index >= 15 is 0 Å². The van der Waals surface area contributed by atoms with Gasteiger partial charge in [0.2, 0.25) is 5.56 Å². The van der Waals surface area contributed by atoms with Crippen LogP contribution in [0.2, 0.25) is 0 Å². The molecule has 5 rings (SSSR count). The molecule has 2 aliphatic rings. The van der Waals surface area contributed by atoms with Crippen LogP contribution in [0.15, 0.2) is 63.1 Å². The molecule has 1 saturated heterocycles. The summed E-state index contributed by atoms with van der Waals surface area (Å²) in [5.41, 5.74) is 5.28. The summed E-state index contributed by atoms with van der Waals surface area (Å²) in [5.74, 6) is 0.843. The number of anilines is 1. The molecule has 3 heterocycles. The average Bonchev–Trinajstić information content (AvgIpc) is 2.89. The van der Waals surface area contributed by atoms with Gasteiger partial charge < -0.3 is 24.3 Å². The van der Waals surface area contributed by atoms with E-state index in [-0.39, 0.29) is 5.56 Å². The monoisotopic (exact) mass is 491 g/mol. The van der Waals surface area contributed by atoms with E-state index in [1.165, 1.54) is 20.9 Å². The Labute approximate surface area is 211 Å². The summed E-state index contributed by atoms with van der Waals surface area (Å²) < 4.78 is 11.8. The minimum absolute atomic E-state index is 0.0885. The van der Waals surface area contributed by atoms with E-state index in [4.69, 9.17) is 9.47 Å². The van der Waals surface area contributed by atoms with Crippen LogP contribution in [0, 0.1) is 0 Å². The fourth-order valence-corrected chi connectivity index (χ4v) is 5.92. The topological polar surface area (TPSA) is 57.8 Å². The van der Waals surface area contributed by atoms with Crippen LogP contribution in [-0.2, 0) is 11.2 Å². The number of H-pyrrole nitrogens is 1. The number of nitrogens with one attached hydrogen (secondary N) is 1. The Kier molecular flexibility index (Phi) is 7.46. The van der Waals surface area contributed by atoms with Crippen molar-refractivity contribution in [3.63, 3.8) is 0 Å². The zero-order chi connectivity index (χ0) is 24.2. The number of hydrogen-bond donors (Lipinski definition) is 1. The van der Waals surface area contributed by atoms with Gasteiger partial charge in [-0.15, -0.1) is 0 Å². The smallest absolute Gasteiger partial charge is 0.250 e. The minimum Gasteiger partial charge on any atom is -0.492 e. The second-order valence-corrected chi connectivity index (χ2v) is 10.0. The third-order valence-electron chi connectivity index (χ3n) is 6.81. The van der Waals surface area contributed by atoms with Crippen molar-refractivity contribution in [2.75, 3.05) is 57.4 Å². The second kappa shape index (κ2) is 10.9. The van der Waals surface area contributed by atoms with Crippen LogP contribution in [0.3, 0.4) is 0 Å². The number of likely N-dealkylation sites (N-methyl/N-ethyl adjacent to an activating group) is 1. The molecule has 0 aliphatic carbocycles. The van der Waals surface area contributed by atoms with Crippen molar-refractivity contribution in [2.45, 2.75) is 30.1 Å². The maximum absolute atomic E-state index is 12.7. The van der Waals surface area contributed by atoms with Crippen LogP contribution in [0.5, 0.6) is 5.75 Å². The molecule has 2 aliphatic heterocycles. The van der Waals surface area contributed by atoms with Gasteiger partial charge in [0.05, 0.1) is 18.9 Å². The molecule has 35 heavy (non-hydrogen) atoms. The molecule has 2 aromatic carbocycles. The van der Waals surface area contributed by atoms with Gasteiger partial charge in [-0.2, -0.15) is 0 Å². The van der Waals surface area contributed by atoms with E-state index in [1.54, 1.807) is 17.8 Å². The molecule has 0 bridgehead atoms. The van der Waals surface area contributed by atoms with Gasteiger partial charge in [0.1, 0.15) is 12.4 Å². The van der Waals surface area contributed by atoms with Crippen molar-refractivity contribution in [1.29, 1.82) is 0 Å². The second-order valence-electron chi connectivity index (χ2n) is 8.93. The molecule has 0 saturated carbocycles. The first kappa shape index (κ1) is 24.0. The predicted octanol–water partition coefficient (Wildman–Crippen LogP) is 4.65. The number of aromatic nitrogens is 1. The SMILES string of the molecule is CCN(CC)CCOc1cc2c(c(-c3cc(N4CCOCC4)cc(=O)[nH]3)c1)Cc1ccccc1S2. The highest BCUT2D eigenvalue weighted by Gasteiger charge is 2.22. The van der Waals surface area contributed by atoms with E-state index in [1.807, 2.05) is 0 Å². The van der Waals surface area contributed by atoms with Crippen molar-refractivity contribution < 1.29 is 9.47 Å². The summed E-state index contributed by atoms with van der Waals surface area (Å²) in [5, 5.41) is 0. The Hall–Kier alpha value is -2.74. The van der Waals surface area contributed by atoms with E-state index < -0.39 is 0 Å². The molecular formula is C28H33N3O3S. The van der Waals surface area contributed by atoms with Crippen LogP contribution >= 0.6 is 11.8 Å². The third kappa shape index (κ3) is 5.42. The van der Waals surface area contributed by atoms with E-state index in [9.17, 15) is 4.79 Å². The molecule has 0 unspecified atom stereocenters. The number of rotatable bonds is 8. The van der Waals surface area contributed by atoms with Gasteiger partial charge in [-0.05, 0) is 48.5 Å². The summed E-state index contributed by atoms with van der Waals surface area (Å²) >= 11 is 1.78. The summed E-state index contributed by atoms with van der Waals surface area (Å²) in [4.78, 5) is 22.9. The molecule has 1 N–H and O–H groups in total. The molecule has 1 aromatic heterocycles. The van der Waals surface area contributed by atoms with Crippen LogP contribution in [0.1, 0.15) is 25.0 Å².